The van der Waals surface area contributed by atoms with Crippen LogP contribution in [0.25, 0.3) is 0 Å². The van der Waals surface area contributed by atoms with Gasteiger partial charge in [-0.2, -0.15) is 0 Å². The van der Waals surface area contributed by atoms with Crippen molar-refractivity contribution in [3.8, 4) is 0 Å². The van der Waals surface area contributed by atoms with E-state index < -0.39 is 6.10 Å². The van der Waals surface area contributed by atoms with E-state index in [1.807, 2.05) is 0 Å². The van der Waals surface area contributed by atoms with Crippen molar-refractivity contribution >= 4 is 17.9 Å². The highest BCUT2D eigenvalue weighted by molar-refractivity contribution is 5.71. The summed E-state index contributed by atoms with van der Waals surface area (Å²) < 4.78 is 16.7. The number of ether oxygens (including phenoxy) is 3. The summed E-state index contributed by atoms with van der Waals surface area (Å²) in [5.74, 6) is -0.940. The van der Waals surface area contributed by atoms with Gasteiger partial charge >= 0.3 is 17.9 Å². The van der Waals surface area contributed by atoms with E-state index in [9.17, 15) is 14.4 Å². The van der Waals surface area contributed by atoms with Crippen LogP contribution >= 0.6 is 0 Å². The molecule has 434 valence electrons. The van der Waals surface area contributed by atoms with Gasteiger partial charge in [0.1, 0.15) is 13.2 Å². The first-order valence-electron chi connectivity index (χ1n) is 31.3. The summed E-state index contributed by atoms with van der Waals surface area (Å²) in [4.78, 5) is 37.9. The van der Waals surface area contributed by atoms with Gasteiger partial charge in [-0.3, -0.25) is 14.4 Å². The lowest BCUT2D eigenvalue weighted by Crippen LogP contribution is -2.30. The summed E-state index contributed by atoms with van der Waals surface area (Å²) in [6, 6.07) is 0. The topological polar surface area (TPSA) is 78.9 Å². The van der Waals surface area contributed by atoms with Crippen LogP contribution in [0.5, 0.6) is 0 Å². The molecule has 0 rings (SSSR count). The third-order valence-electron chi connectivity index (χ3n) is 12.8. The van der Waals surface area contributed by atoms with E-state index in [2.05, 4.69) is 167 Å². The van der Waals surface area contributed by atoms with E-state index in [1.54, 1.807) is 0 Å². The van der Waals surface area contributed by atoms with Crippen LogP contribution in [0, 0.1) is 0 Å². The third-order valence-corrected chi connectivity index (χ3v) is 12.8. The molecular weight excluding hydrogens is 949 g/mol. The molecule has 0 aliphatic carbocycles. The molecule has 0 spiro atoms. The molecule has 77 heavy (non-hydrogen) atoms. The molecule has 0 amide bonds. The Hall–Kier alpha value is -4.71. The fourth-order valence-electron chi connectivity index (χ4n) is 8.15. The van der Waals surface area contributed by atoms with Crippen molar-refractivity contribution in [3.05, 3.63) is 146 Å². The Morgan fingerprint density at radius 2 is 0.506 bits per heavy atom. The monoisotopic (exact) mass is 1060 g/mol. The molecule has 0 radical (unpaired) electrons. The second-order valence-electron chi connectivity index (χ2n) is 20.2. The summed E-state index contributed by atoms with van der Waals surface area (Å²) in [7, 11) is 0. The molecule has 1 atom stereocenters. The maximum absolute atomic E-state index is 12.8. The fourth-order valence-corrected chi connectivity index (χ4v) is 8.15. The zero-order valence-corrected chi connectivity index (χ0v) is 49.7. The van der Waals surface area contributed by atoms with Crippen LogP contribution < -0.4 is 0 Å². The highest BCUT2D eigenvalue weighted by Crippen LogP contribution is 2.14. The van der Waals surface area contributed by atoms with Crippen molar-refractivity contribution in [3.63, 3.8) is 0 Å². The lowest BCUT2D eigenvalue weighted by Gasteiger charge is -2.18. The summed E-state index contributed by atoms with van der Waals surface area (Å²) in [6.45, 7) is 6.41. The number of hydrogen-bond acceptors (Lipinski definition) is 6. The predicted molar refractivity (Wildman–Crippen MR) is 334 cm³/mol. The van der Waals surface area contributed by atoms with Gasteiger partial charge in [0.15, 0.2) is 6.10 Å². The van der Waals surface area contributed by atoms with Crippen LogP contribution in [0.4, 0.5) is 0 Å². The first-order chi connectivity index (χ1) is 38.0. The van der Waals surface area contributed by atoms with Crippen molar-refractivity contribution in [2.24, 2.45) is 0 Å². The first-order valence-corrected chi connectivity index (χ1v) is 31.3. The molecular formula is C71H114O6. The zero-order chi connectivity index (χ0) is 55.7. The van der Waals surface area contributed by atoms with Crippen molar-refractivity contribution in [1.29, 1.82) is 0 Å². The van der Waals surface area contributed by atoms with Crippen LogP contribution in [0.15, 0.2) is 146 Å². The minimum absolute atomic E-state index is 0.0931. The van der Waals surface area contributed by atoms with E-state index in [1.165, 1.54) is 77.0 Å². The average Bonchev–Trinajstić information content (AvgIpc) is 3.43. The quantitative estimate of drug-likeness (QED) is 0.0261. The van der Waals surface area contributed by atoms with Crippen LogP contribution in [0.1, 0.15) is 265 Å². The van der Waals surface area contributed by atoms with Crippen LogP contribution in [0.3, 0.4) is 0 Å². The van der Waals surface area contributed by atoms with Gasteiger partial charge < -0.3 is 14.2 Å². The third kappa shape index (κ3) is 62.0. The Bertz CT molecular complexity index is 1700. The van der Waals surface area contributed by atoms with Crippen LogP contribution in [-0.2, 0) is 28.6 Å². The standard InChI is InChI=1S/C71H114O6/c1-4-7-10-13-16-18-20-22-24-26-28-29-30-31-32-33-34-35-36-37-38-39-40-41-42-43-44-46-47-49-51-53-55-58-61-64-70(73)76-67-68(66-75-69(72)63-60-57-15-12-9-6-3)77-71(74)65-62-59-56-54-52-50-48-45-27-25-23-21-19-17-14-11-8-5-2/h7,10,16,18-19,21-22,24-25,27-29,31-32,34-35,37-38,40-41,43-44,47,49,68H,4-6,8-9,11-15,17,20,23,26,30,33,36,39,42,45-46,48,50-67H2,1-3H3/b10-7-,18-16-,21-19-,24-22-,27-25-,29-28-,32-31-,35-34-,38-37-,41-40-,44-43-,49-47-. The normalized spacial score (nSPS) is 13.1. The zero-order valence-electron chi connectivity index (χ0n) is 49.7. The lowest BCUT2D eigenvalue weighted by molar-refractivity contribution is -0.167. The summed E-state index contributed by atoms with van der Waals surface area (Å²) in [5.41, 5.74) is 0. The molecule has 0 fully saturated rings. The number of esters is 3. The Balaban J connectivity index is 4.19. The molecule has 0 aromatic heterocycles. The molecule has 0 bridgehead atoms. The minimum Gasteiger partial charge on any atom is -0.462 e. The highest BCUT2D eigenvalue weighted by atomic mass is 16.6. The van der Waals surface area contributed by atoms with Gasteiger partial charge in [-0.1, -0.05) is 263 Å². The number of unbranched alkanes of at least 4 members (excludes halogenated alkanes) is 20. The van der Waals surface area contributed by atoms with Crippen molar-refractivity contribution in [2.45, 2.75) is 271 Å². The largest absolute Gasteiger partial charge is 0.462 e. The molecule has 6 heteroatoms. The van der Waals surface area contributed by atoms with Crippen LogP contribution in [-0.4, -0.2) is 37.2 Å². The van der Waals surface area contributed by atoms with Gasteiger partial charge in [-0.05, 0) is 128 Å². The van der Waals surface area contributed by atoms with Gasteiger partial charge in [-0.25, -0.2) is 0 Å². The molecule has 0 aromatic carbocycles. The molecule has 0 N–H and O–H groups in total. The SMILES string of the molecule is CC/C=C\C/C=C\C/C=C\C/C=C\C/C=C\C/C=C\C/C=C\C/C=C\C/C=C\C/C=C\CCCCCCC(=O)OCC(COC(=O)CCCCCCCC)OC(=O)CCCCCCCCC/C=C\C/C=C\CCCCCC. The number of rotatable bonds is 55. The van der Waals surface area contributed by atoms with Gasteiger partial charge in [0, 0.05) is 19.3 Å². The second-order valence-corrected chi connectivity index (χ2v) is 20.2. The summed E-state index contributed by atoms with van der Waals surface area (Å²) in [5, 5.41) is 0. The molecule has 0 saturated heterocycles. The van der Waals surface area contributed by atoms with Crippen molar-refractivity contribution in [2.75, 3.05) is 13.2 Å². The van der Waals surface area contributed by atoms with Gasteiger partial charge in [0.2, 0.25) is 0 Å². The highest BCUT2D eigenvalue weighted by Gasteiger charge is 2.19. The van der Waals surface area contributed by atoms with Crippen molar-refractivity contribution in [1.82, 2.24) is 0 Å². The maximum atomic E-state index is 12.8. The van der Waals surface area contributed by atoms with E-state index in [-0.39, 0.29) is 31.1 Å². The van der Waals surface area contributed by atoms with Crippen molar-refractivity contribution < 1.29 is 28.6 Å². The minimum atomic E-state index is -0.795. The predicted octanol–water partition coefficient (Wildman–Crippen LogP) is 21.5. The molecule has 0 saturated carbocycles. The first kappa shape index (κ1) is 72.3. The molecule has 1 unspecified atom stereocenters. The molecule has 0 aliphatic heterocycles. The summed E-state index contributed by atoms with van der Waals surface area (Å²) in [6.07, 6.45) is 91.7. The Morgan fingerprint density at radius 1 is 0.273 bits per heavy atom. The molecule has 0 aliphatic rings. The van der Waals surface area contributed by atoms with Crippen LogP contribution in [0.2, 0.25) is 0 Å². The molecule has 0 heterocycles. The second kappa shape index (κ2) is 63.8. The van der Waals surface area contributed by atoms with E-state index >= 15 is 0 Å². The van der Waals surface area contributed by atoms with Gasteiger partial charge in [0.05, 0.1) is 0 Å². The number of allylic oxidation sites excluding steroid dienone is 24. The van der Waals surface area contributed by atoms with E-state index in [0.717, 1.165) is 148 Å². The van der Waals surface area contributed by atoms with Gasteiger partial charge in [0.25, 0.3) is 0 Å². The fraction of sp³-hybridized carbons (Fsp3) is 0.620. The Morgan fingerprint density at radius 3 is 0.805 bits per heavy atom. The molecule has 0 aromatic rings. The Labute approximate surface area is 474 Å². The van der Waals surface area contributed by atoms with Gasteiger partial charge in [-0.15, -0.1) is 0 Å². The molecule has 6 nitrogen and oxygen atoms in total. The smallest absolute Gasteiger partial charge is 0.306 e. The maximum Gasteiger partial charge on any atom is 0.306 e. The lowest BCUT2D eigenvalue weighted by atomic mass is 10.1. The van der Waals surface area contributed by atoms with E-state index in [4.69, 9.17) is 14.2 Å². The number of carbonyl (C=O) groups is 3. The van der Waals surface area contributed by atoms with E-state index in [0.29, 0.717) is 19.3 Å². The Kier molecular flexibility index (Phi) is 59.9. The number of carbonyl (C=O) groups excluding carboxylic acids is 3. The summed E-state index contributed by atoms with van der Waals surface area (Å²) >= 11 is 0. The number of hydrogen-bond donors (Lipinski definition) is 0. The average molecular weight is 1060 g/mol.